The first-order chi connectivity index (χ1) is 10.0. The van der Waals surface area contributed by atoms with Crippen LogP contribution < -0.4 is 4.90 Å². The van der Waals surface area contributed by atoms with E-state index in [0.29, 0.717) is 11.7 Å². The Hall–Kier alpha value is -1.61. The van der Waals surface area contributed by atoms with Crippen LogP contribution in [-0.2, 0) is 0 Å². The third-order valence-corrected chi connectivity index (χ3v) is 5.19. The zero-order valence-electron chi connectivity index (χ0n) is 12.4. The van der Waals surface area contributed by atoms with Crippen LogP contribution in [0.2, 0.25) is 0 Å². The second-order valence-corrected chi connectivity index (χ2v) is 6.95. The predicted molar refractivity (Wildman–Crippen MR) is 84.8 cm³/mol. The van der Waals surface area contributed by atoms with Crippen molar-refractivity contribution in [2.45, 2.75) is 23.6 Å². The van der Waals surface area contributed by atoms with E-state index in [4.69, 9.17) is 0 Å². The third kappa shape index (κ3) is 3.73. The van der Waals surface area contributed by atoms with Gasteiger partial charge in [-0.15, -0.1) is 10.2 Å². The average molecular weight is 326 g/mol. The molecule has 0 N–H and O–H groups in total. The normalized spacial score (nSPS) is 12.2. The Bertz CT molecular complexity index is 584. The van der Waals surface area contributed by atoms with Gasteiger partial charge in [0.15, 0.2) is 4.34 Å². The minimum absolute atomic E-state index is 0.0899. The van der Waals surface area contributed by atoms with Crippen LogP contribution in [0.4, 0.5) is 9.93 Å². The Morgan fingerprint density at radius 3 is 2.86 bits per heavy atom. The molecule has 0 aliphatic heterocycles. The Balaban J connectivity index is 2.02. The van der Waals surface area contributed by atoms with E-state index in [-0.39, 0.29) is 11.4 Å². The molecule has 0 saturated heterocycles. The molecule has 2 heterocycles. The van der Waals surface area contributed by atoms with E-state index >= 15 is 0 Å². The van der Waals surface area contributed by atoms with Gasteiger partial charge in [-0.05, 0) is 13.8 Å². The zero-order valence-corrected chi connectivity index (χ0v) is 14.1. The molecule has 114 valence electrons. The summed E-state index contributed by atoms with van der Waals surface area (Å²) in [6.07, 6.45) is 5.42. The van der Waals surface area contributed by atoms with Gasteiger partial charge in [-0.1, -0.05) is 23.1 Å². The Morgan fingerprint density at radius 1 is 1.48 bits per heavy atom. The summed E-state index contributed by atoms with van der Waals surface area (Å²) in [5, 5.41) is 9.00. The number of aromatic nitrogens is 4. The maximum atomic E-state index is 12.1. The number of imidazole rings is 1. The monoisotopic (exact) mass is 326 g/mol. The van der Waals surface area contributed by atoms with E-state index in [1.807, 2.05) is 17.7 Å². The van der Waals surface area contributed by atoms with E-state index in [0.717, 1.165) is 4.34 Å². The molecular formula is C12H18N6OS2. The second-order valence-electron chi connectivity index (χ2n) is 4.43. The summed E-state index contributed by atoms with van der Waals surface area (Å²) in [5.74, 6) is 0. The van der Waals surface area contributed by atoms with Crippen molar-refractivity contribution >= 4 is 34.3 Å². The van der Waals surface area contributed by atoms with Crippen molar-refractivity contribution in [3.63, 3.8) is 0 Å². The number of carbonyl (C=O) groups is 1. The van der Waals surface area contributed by atoms with Crippen molar-refractivity contribution in [2.24, 2.45) is 0 Å². The van der Waals surface area contributed by atoms with Gasteiger partial charge in [-0.2, -0.15) is 0 Å². The summed E-state index contributed by atoms with van der Waals surface area (Å²) < 4.78 is 2.82. The van der Waals surface area contributed by atoms with Crippen molar-refractivity contribution in [3.8, 4) is 0 Å². The highest BCUT2D eigenvalue weighted by atomic mass is 32.2. The molecule has 0 aliphatic rings. The van der Waals surface area contributed by atoms with Crippen LogP contribution in [0.1, 0.15) is 19.2 Å². The minimum atomic E-state index is -0.0899. The fourth-order valence-electron chi connectivity index (χ4n) is 1.55. The van der Waals surface area contributed by atoms with Crippen LogP contribution in [0, 0.1) is 0 Å². The number of hydrogen-bond donors (Lipinski definition) is 0. The average Bonchev–Trinajstić information content (AvgIpc) is 3.15. The lowest BCUT2D eigenvalue weighted by atomic mass is 10.6. The van der Waals surface area contributed by atoms with Crippen LogP contribution >= 0.6 is 23.1 Å². The van der Waals surface area contributed by atoms with Gasteiger partial charge in [-0.3, -0.25) is 4.90 Å². The fraction of sp³-hybridized carbons (Fsp3) is 0.500. The maximum absolute atomic E-state index is 12.1. The molecule has 9 heteroatoms. The van der Waals surface area contributed by atoms with Crippen LogP contribution in [0.5, 0.6) is 0 Å². The van der Waals surface area contributed by atoms with E-state index in [2.05, 4.69) is 22.1 Å². The van der Waals surface area contributed by atoms with E-state index in [1.165, 1.54) is 16.2 Å². The van der Waals surface area contributed by atoms with Crippen molar-refractivity contribution in [3.05, 3.63) is 18.7 Å². The first-order valence-corrected chi connectivity index (χ1v) is 8.19. The first-order valence-electron chi connectivity index (χ1n) is 6.49. The molecule has 0 spiro atoms. The van der Waals surface area contributed by atoms with Gasteiger partial charge >= 0.3 is 6.03 Å². The lowest BCUT2D eigenvalue weighted by molar-refractivity contribution is 0.219. The topological polar surface area (TPSA) is 67.2 Å². The first kappa shape index (κ1) is 15.8. The Labute approximate surface area is 132 Å². The highest BCUT2D eigenvalue weighted by Crippen LogP contribution is 2.34. The fourth-order valence-corrected chi connectivity index (χ4v) is 3.54. The molecule has 0 aliphatic carbocycles. The van der Waals surface area contributed by atoms with Crippen molar-refractivity contribution in [1.29, 1.82) is 0 Å². The third-order valence-electron chi connectivity index (χ3n) is 2.99. The quantitative estimate of drug-likeness (QED) is 0.624. The SMILES string of the molecule is CCN(C)C(=O)N(C)c1nnc(SC(C)n2ccnc2)s1. The highest BCUT2D eigenvalue weighted by molar-refractivity contribution is 8.01. The summed E-state index contributed by atoms with van der Waals surface area (Å²) in [6.45, 7) is 4.65. The van der Waals surface area contributed by atoms with Crippen molar-refractivity contribution in [1.82, 2.24) is 24.6 Å². The Morgan fingerprint density at radius 2 is 2.24 bits per heavy atom. The smallest absolute Gasteiger partial charge is 0.325 e. The van der Waals surface area contributed by atoms with Gasteiger partial charge in [0.25, 0.3) is 0 Å². The molecule has 0 fully saturated rings. The second kappa shape index (κ2) is 6.90. The number of rotatable bonds is 5. The molecule has 2 amide bonds. The molecule has 21 heavy (non-hydrogen) atoms. The molecule has 0 aromatic carbocycles. The molecular weight excluding hydrogens is 308 g/mol. The van der Waals surface area contributed by atoms with Crippen molar-refractivity contribution in [2.75, 3.05) is 25.5 Å². The molecule has 0 bridgehead atoms. The van der Waals surface area contributed by atoms with Gasteiger partial charge in [-0.25, -0.2) is 9.78 Å². The van der Waals surface area contributed by atoms with Gasteiger partial charge in [0, 0.05) is 33.0 Å². The van der Waals surface area contributed by atoms with Crippen LogP contribution in [0.3, 0.4) is 0 Å². The standard InChI is InChI=1S/C12H18N6OS2/c1-5-16(3)12(19)17(4)10-14-15-11(21-10)20-9(2)18-7-6-13-8-18/h6-9H,5H2,1-4H3. The summed E-state index contributed by atoms with van der Waals surface area (Å²) >= 11 is 2.99. The molecule has 2 aromatic rings. The van der Waals surface area contributed by atoms with Crippen LogP contribution in [-0.4, -0.2) is 51.3 Å². The molecule has 7 nitrogen and oxygen atoms in total. The van der Waals surface area contributed by atoms with E-state index in [9.17, 15) is 4.79 Å². The summed E-state index contributed by atoms with van der Waals surface area (Å²) in [7, 11) is 3.47. The van der Waals surface area contributed by atoms with Crippen LogP contribution in [0.15, 0.2) is 23.1 Å². The number of thioether (sulfide) groups is 1. The predicted octanol–water partition coefficient (Wildman–Crippen LogP) is 2.55. The van der Waals surface area contributed by atoms with Gasteiger partial charge < -0.3 is 9.47 Å². The lowest BCUT2D eigenvalue weighted by Crippen LogP contribution is -2.38. The minimum Gasteiger partial charge on any atom is -0.328 e. The number of nitrogens with zero attached hydrogens (tertiary/aromatic N) is 6. The number of carbonyl (C=O) groups excluding carboxylic acids is 1. The van der Waals surface area contributed by atoms with E-state index < -0.39 is 0 Å². The molecule has 1 unspecified atom stereocenters. The highest BCUT2D eigenvalue weighted by Gasteiger charge is 2.19. The molecule has 2 rings (SSSR count). The molecule has 0 radical (unpaired) electrons. The summed E-state index contributed by atoms with van der Waals surface area (Å²) in [5.41, 5.74) is 0. The summed E-state index contributed by atoms with van der Waals surface area (Å²) in [6, 6.07) is -0.0899. The Kier molecular flexibility index (Phi) is 5.18. The largest absolute Gasteiger partial charge is 0.328 e. The number of anilines is 1. The number of amides is 2. The summed E-state index contributed by atoms with van der Waals surface area (Å²) in [4.78, 5) is 19.2. The molecule has 2 aromatic heterocycles. The zero-order chi connectivity index (χ0) is 15.4. The molecule has 0 saturated carbocycles. The van der Waals surface area contributed by atoms with Crippen LogP contribution in [0.25, 0.3) is 0 Å². The van der Waals surface area contributed by atoms with Gasteiger partial charge in [0.2, 0.25) is 5.13 Å². The number of hydrogen-bond acceptors (Lipinski definition) is 6. The molecule has 1 atom stereocenters. The van der Waals surface area contributed by atoms with Crippen molar-refractivity contribution < 1.29 is 4.79 Å². The van der Waals surface area contributed by atoms with Gasteiger partial charge in [0.05, 0.1) is 11.7 Å². The lowest BCUT2D eigenvalue weighted by Gasteiger charge is -2.21. The maximum Gasteiger partial charge on any atom is 0.325 e. The van der Waals surface area contributed by atoms with Gasteiger partial charge in [0.1, 0.15) is 0 Å². The number of urea groups is 1. The van der Waals surface area contributed by atoms with E-state index in [1.54, 1.807) is 43.3 Å².